The van der Waals surface area contributed by atoms with Crippen molar-refractivity contribution < 1.29 is 48.0 Å². The van der Waals surface area contributed by atoms with Gasteiger partial charge in [0.05, 0.1) is 24.6 Å². The summed E-state index contributed by atoms with van der Waals surface area (Å²) in [5, 5.41) is 0. The zero-order valence-electron chi connectivity index (χ0n) is 23.0. The topological polar surface area (TPSA) is 0 Å². The van der Waals surface area contributed by atoms with Crippen molar-refractivity contribution in [3.63, 3.8) is 0 Å². The second-order valence-electron chi connectivity index (χ2n) is 9.89. The molecule has 0 nitrogen and oxygen atoms in total. The van der Waals surface area contributed by atoms with Crippen LogP contribution >= 0.6 is 36.7 Å². The summed E-state index contributed by atoms with van der Waals surface area (Å²) in [6.07, 6.45) is 36.0. The minimum absolute atomic E-state index is 0. The normalized spacial score (nSPS) is 10.5. The molecule has 0 aromatic carbocycles. The number of halogens is 4. The predicted molar refractivity (Wildman–Crippen MR) is 159 cm³/mol. The van der Waals surface area contributed by atoms with Gasteiger partial charge in [-0.3, -0.25) is 0 Å². The molecule has 5 heteroatoms. The van der Waals surface area contributed by atoms with Crippen molar-refractivity contribution in [2.24, 2.45) is 0 Å². The fourth-order valence-corrected chi connectivity index (χ4v) is 9.99. The van der Waals surface area contributed by atoms with Gasteiger partial charge < -0.3 is 48.0 Å². The van der Waals surface area contributed by atoms with E-state index in [0.717, 1.165) is 0 Å². The minimum atomic E-state index is -0.630. The maximum Gasteiger partial charge on any atom is 0.0594 e. The number of unbranched alkanes of at least 4 members (excludes halogenated alkanes) is 16. The molecular formula is C28H62BrClI2P-. The zero-order chi connectivity index (χ0) is 21.5. The van der Waals surface area contributed by atoms with E-state index in [-0.39, 0.29) is 77.3 Å². The predicted octanol–water partition coefficient (Wildman–Crippen LogP) is 5.89. The third-order valence-electron chi connectivity index (χ3n) is 6.94. The highest BCUT2D eigenvalue weighted by Crippen LogP contribution is 2.61. The van der Waals surface area contributed by atoms with Crippen LogP contribution in [0.3, 0.4) is 0 Å². The van der Waals surface area contributed by atoms with Gasteiger partial charge in [0.25, 0.3) is 0 Å². The standard InChI is InChI=1S/C28H60P.BrH.ClH.2HI/c1-5-9-13-14-15-16-17-18-19-20-21-22-23-24-28-29(25-10-6-2,26-11-7-3)27-12-8-4;;;;/h5-28H2,1-4H3;4*1H/q+1;;;;/p-2. The first kappa shape index (κ1) is 45.6. The average molecular weight is 799 g/mol. The molecule has 0 N–H and O–H groups in total. The van der Waals surface area contributed by atoms with E-state index in [9.17, 15) is 0 Å². The first-order valence-electron chi connectivity index (χ1n) is 14.1. The van der Waals surface area contributed by atoms with Gasteiger partial charge in [0.1, 0.15) is 0 Å². The first-order chi connectivity index (χ1) is 14.2. The van der Waals surface area contributed by atoms with Crippen molar-refractivity contribution >= 4 is 36.7 Å². The molecule has 0 heterocycles. The Labute approximate surface area is 263 Å². The fourth-order valence-electron chi connectivity index (χ4n) is 4.79. The van der Waals surface area contributed by atoms with Crippen molar-refractivity contribution in [2.75, 3.05) is 24.6 Å². The van der Waals surface area contributed by atoms with Crippen LogP contribution in [0.25, 0.3) is 0 Å². The molecule has 0 bridgehead atoms. The second-order valence-corrected chi connectivity index (χ2v) is 14.4. The molecule has 0 fully saturated rings. The molecule has 0 saturated heterocycles. The summed E-state index contributed by atoms with van der Waals surface area (Å²) in [4.78, 5) is 0. The van der Waals surface area contributed by atoms with Crippen LogP contribution in [0, 0.1) is 0 Å². The van der Waals surface area contributed by atoms with E-state index >= 15 is 0 Å². The summed E-state index contributed by atoms with van der Waals surface area (Å²) >= 11 is 0. The molecule has 0 aliphatic rings. The number of rotatable bonds is 24. The maximum atomic E-state index is 2.39. The van der Waals surface area contributed by atoms with Gasteiger partial charge in [-0.25, -0.2) is 0 Å². The lowest BCUT2D eigenvalue weighted by molar-refractivity contribution is -0.00100. The van der Waals surface area contributed by atoms with Crippen LogP contribution in [0.5, 0.6) is 0 Å². The van der Waals surface area contributed by atoms with Crippen LogP contribution in [-0.4, -0.2) is 24.6 Å². The molecule has 0 aliphatic heterocycles. The van der Waals surface area contributed by atoms with Gasteiger partial charge in [0, 0.05) is 7.26 Å². The molecule has 0 unspecified atom stereocenters. The average Bonchev–Trinajstić information content (AvgIpc) is 2.74. The molecule has 0 aromatic rings. The summed E-state index contributed by atoms with van der Waals surface area (Å²) in [5.41, 5.74) is 0. The monoisotopic (exact) mass is 797 g/mol. The van der Waals surface area contributed by atoms with Crippen LogP contribution in [0.4, 0.5) is 0 Å². The summed E-state index contributed by atoms with van der Waals surface area (Å²) in [6.45, 7) is 9.48. The molecule has 0 aromatic heterocycles. The quantitative estimate of drug-likeness (QED) is 0.0650. The summed E-state index contributed by atoms with van der Waals surface area (Å²) in [7, 11) is -0.630. The van der Waals surface area contributed by atoms with Gasteiger partial charge in [-0.15, -0.1) is 29.4 Å². The Balaban J connectivity index is -0.000000653. The van der Waals surface area contributed by atoms with E-state index < -0.39 is 7.26 Å². The smallest absolute Gasteiger partial charge is 0.0594 e. The van der Waals surface area contributed by atoms with Crippen LogP contribution in [0.1, 0.15) is 156 Å². The molecule has 33 heavy (non-hydrogen) atoms. The van der Waals surface area contributed by atoms with Crippen LogP contribution in [-0.2, 0) is 0 Å². The highest BCUT2D eigenvalue weighted by atomic mass is 127. The first-order valence-corrected chi connectivity index (χ1v) is 16.6. The van der Waals surface area contributed by atoms with E-state index in [1.54, 1.807) is 31.1 Å². The molecule has 0 rings (SSSR count). The van der Waals surface area contributed by atoms with Crippen molar-refractivity contribution in [2.45, 2.75) is 156 Å². The van der Waals surface area contributed by atoms with Crippen molar-refractivity contribution in [3.8, 4) is 0 Å². The van der Waals surface area contributed by atoms with Crippen molar-refractivity contribution in [1.82, 2.24) is 0 Å². The van der Waals surface area contributed by atoms with E-state index in [0.29, 0.717) is 0 Å². The van der Waals surface area contributed by atoms with E-state index in [2.05, 4.69) is 27.7 Å². The van der Waals surface area contributed by atoms with Crippen molar-refractivity contribution in [3.05, 3.63) is 0 Å². The molecule has 208 valence electrons. The second kappa shape index (κ2) is 36.8. The Hall–Kier alpha value is 2.66. The summed E-state index contributed by atoms with van der Waals surface area (Å²) in [6, 6.07) is 0. The highest BCUT2D eigenvalue weighted by Gasteiger charge is 2.34. The molecule has 0 spiro atoms. The lowest BCUT2D eigenvalue weighted by Gasteiger charge is -2.28. The van der Waals surface area contributed by atoms with Gasteiger partial charge in [-0.1, -0.05) is 124 Å². The minimum Gasteiger partial charge on any atom is -1.00 e. The van der Waals surface area contributed by atoms with Gasteiger partial charge in [0.15, 0.2) is 0 Å². The summed E-state index contributed by atoms with van der Waals surface area (Å²) in [5.74, 6) is 0. The lowest BCUT2D eigenvalue weighted by atomic mass is 10.0. The van der Waals surface area contributed by atoms with E-state index in [1.807, 2.05) is 0 Å². The van der Waals surface area contributed by atoms with Crippen LogP contribution in [0.15, 0.2) is 0 Å². The molecule has 0 aliphatic carbocycles. The Morgan fingerprint density at radius 1 is 0.333 bits per heavy atom. The van der Waals surface area contributed by atoms with Gasteiger partial charge in [-0.05, 0) is 32.1 Å². The highest BCUT2D eigenvalue weighted by molar-refractivity contribution is 8.93. The molecular weight excluding hydrogens is 736 g/mol. The van der Waals surface area contributed by atoms with E-state index in [1.165, 1.54) is 122 Å². The largest absolute Gasteiger partial charge is 1.00 e. The molecule has 0 amide bonds. The Bertz CT molecular complexity index is 300. The summed E-state index contributed by atoms with van der Waals surface area (Å²) < 4.78 is 0. The number of hydrogen-bond donors (Lipinski definition) is 0. The molecule has 0 saturated carbocycles. The van der Waals surface area contributed by atoms with Gasteiger partial charge in [0.2, 0.25) is 0 Å². The van der Waals surface area contributed by atoms with Crippen LogP contribution < -0.4 is 48.0 Å². The SMILES string of the molecule is Br.CCCCCCCCCCCCCCCC[P+](CCCC)(CCCC)CCCC.Cl.[I-].[I-]. The third-order valence-corrected chi connectivity index (χ3v) is 12.0. The Morgan fingerprint density at radius 3 is 0.818 bits per heavy atom. The number of hydrogen-bond acceptors (Lipinski definition) is 0. The van der Waals surface area contributed by atoms with E-state index in [4.69, 9.17) is 0 Å². The van der Waals surface area contributed by atoms with Crippen LogP contribution in [0.2, 0.25) is 0 Å². The van der Waals surface area contributed by atoms with Crippen molar-refractivity contribution in [1.29, 1.82) is 0 Å². The molecule has 0 atom stereocenters. The zero-order valence-corrected chi connectivity index (χ0v) is 30.7. The molecule has 0 radical (unpaired) electrons. The Morgan fingerprint density at radius 2 is 0.545 bits per heavy atom. The van der Waals surface area contributed by atoms with Gasteiger partial charge in [-0.2, -0.15) is 0 Å². The third kappa shape index (κ3) is 30.8. The maximum absolute atomic E-state index is 2.39. The Kier molecular flexibility index (Phi) is 50.8. The van der Waals surface area contributed by atoms with Gasteiger partial charge >= 0.3 is 0 Å². The fraction of sp³-hybridized carbons (Fsp3) is 1.00. The lowest BCUT2D eigenvalue weighted by Crippen LogP contribution is -3.00.